The van der Waals surface area contributed by atoms with Gasteiger partial charge in [0.2, 0.25) is 0 Å². The highest BCUT2D eigenvalue weighted by Crippen LogP contribution is 2.27. The minimum atomic E-state index is 0.235. The van der Waals surface area contributed by atoms with Crippen molar-refractivity contribution in [3.05, 3.63) is 219 Å². The van der Waals surface area contributed by atoms with Crippen LogP contribution in [-0.4, -0.2) is 137 Å². The highest BCUT2D eigenvalue weighted by Gasteiger charge is 2.11. The van der Waals surface area contributed by atoms with Gasteiger partial charge in [-0.15, -0.1) is 20.4 Å². The van der Waals surface area contributed by atoms with Gasteiger partial charge < -0.3 is 40.0 Å². The lowest BCUT2D eigenvalue weighted by Crippen LogP contribution is -2.07. The monoisotopic (exact) mass is 1120 g/mol. The molecular formula is C64H64N16O4. The van der Waals surface area contributed by atoms with E-state index in [2.05, 4.69) is 109 Å². The predicted octanol–water partition coefficient (Wildman–Crippen LogP) is 10.8. The average molecular weight is 1120 g/mol. The number of aromatic nitrogens is 12. The molecule has 4 N–H and O–H groups in total. The Labute approximate surface area is 486 Å². The fourth-order valence-corrected chi connectivity index (χ4v) is 8.23. The molecule has 424 valence electrons. The van der Waals surface area contributed by atoms with Gasteiger partial charge in [0.25, 0.3) is 0 Å². The molecule has 0 saturated heterocycles. The van der Waals surface area contributed by atoms with Gasteiger partial charge in [-0.2, -0.15) is 0 Å². The van der Waals surface area contributed by atoms with Crippen LogP contribution < -0.4 is 19.6 Å². The highest BCUT2D eigenvalue weighted by atomic mass is 16.3. The van der Waals surface area contributed by atoms with Crippen molar-refractivity contribution in [2.75, 3.05) is 76.0 Å². The highest BCUT2D eigenvalue weighted by molar-refractivity contribution is 5.66. The van der Waals surface area contributed by atoms with E-state index in [4.69, 9.17) is 0 Å². The summed E-state index contributed by atoms with van der Waals surface area (Å²) in [5, 5.41) is 70.5. The molecule has 4 heterocycles. The van der Waals surface area contributed by atoms with Crippen molar-refractivity contribution in [3.8, 4) is 90.8 Å². The quantitative estimate of drug-likeness (QED) is 0.0894. The van der Waals surface area contributed by atoms with Gasteiger partial charge in [0.15, 0.2) is 0 Å². The summed E-state index contributed by atoms with van der Waals surface area (Å²) >= 11 is 0. The summed E-state index contributed by atoms with van der Waals surface area (Å²) in [6.07, 6.45) is 7.49. The van der Waals surface area contributed by atoms with Crippen LogP contribution in [0.25, 0.3) is 67.8 Å². The standard InChI is InChI=1S/4C16H16N4O/c4*1-19(2)13-5-3-12(4-6-13)16-11-20(18-17-16)14-7-9-15(21)10-8-14/h4*3-11,21H,1-2H3. The lowest BCUT2D eigenvalue weighted by Gasteiger charge is -2.11. The van der Waals surface area contributed by atoms with E-state index in [0.717, 1.165) is 90.5 Å². The van der Waals surface area contributed by atoms with Crippen LogP contribution in [-0.2, 0) is 0 Å². The third-order valence-corrected chi connectivity index (χ3v) is 13.1. The van der Waals surface area contributed by atoms with E-state index in [-0.39, 0.29) is 23.0 Å². The van der Waals surface area contributed by atoms with Crippen molar-refractivity contribution in [2.45, 2.75) is 0 Å². The second-order valence-electron chi connectivity index (χ2n) is 20.0. The van der Waals surface area contributed by atoms with Crippen LogP contribution in [0.2, 0.25) is 0 Å². The van der Waals surface area contributed by atoms with E-state index in [1.54, 1.807) is 116 Å². The van der Waals surface area contributed by atoms with Crippen molar-refractivity contribution >= 4 is 22.7 Å². The Kier molecular flexibility index (Phi) is 18.0. The molecule has 4 aromatic heterocycles. The molecule has 0 aliphatic carbocycles. The van der Waals surface area contributed by atoms with E-state index < -0.39 is 0 Å². The molecule has 12 rings (SSSR count). The SMILES string of the molecule is CN(C)c1ccc(-c2cn(-c3ccc(O)cc3)nn2)cc1.CN(C)c1ccc(-c2cn(-c3ccc(O)cc3)nn2)cc1.CN(C)c1ccc(-c2cn(-c3ccc(O)cc3)nn2)cc1.CN(C)c1ccc(-c2cn(-c3ccc(O)cc3)nn2)cc1. The Morgan fingerprint density at radius 2 is 0.405 bits per heavy atom. The van der Waals surface area contributed by atoms with E-state index in [9.17, 15) is 20.4 Å². The van der Waals surface area contributed by atoms with Crippen molar-refractivity contribution in [1.29, 1.82) is 0 Å². The van der Waals surface area contributed by atoms with Gasteiger partial charge in [-0.25, -0.2) is 18.7 Å². The van der Waals surface area contributed by atoms with Crippen LogP contribution >= 0.6 is 0 Å². The fraction of sp³-hybridized carbons (Fsp3) is 0.125. The van der Waals surface area contributed by atoms with E-state index in [0.29, 0.717) is 0 Å². The molecular weight excluding hydrogens is 1060 g/mol. The average Bonchev–Trinajstić information content (AvgIpc) is 4.59. The first kappa shape index (κ1) is 57.4. The molecule has 20 nitrogen and oxygen atoms in total. The van der Waals surface area contributed by atoms with Gasteiger partial charge in [-0.05, 0) is 146 Å². The molecule has 0 aliphatic rings. The Morgan fingerprint density at radius 1 is 0.238 bits per heavy atom. The maximum atomic E-state index is 9.31. The number of aromatic hydroxyl groups is 4. The van der Waals surface area contributed by atoms with Gasteiger partial charge in [-0.3, -0.25) is 0 Å². The Bertz CT molecular complexity index is 3440. The molecule has 84 heavy (non-hydrogen) atoms. The first-order valence-electron chi connectivity index (χ1n) is 26.5. The lowest BCUT2D eigenvalue weighted by atomic mass is 10.1. The number of rotatable bonds is 12. The largest absolute Gasteiger partial charge is 0.508 e. The number of phenolic OH excluding ortho intramolecular Hbond substituents is 4. The maximum Gasteiger partial charge on any atom is 0.115 e. The fourth-order valence-electron chi connectivity index (χ4n) is 8.23. The molecule has 0 amide bonds. The van der Waals surface area contributed by atoms with Gasteiger partial charge in [0.05, 0.1) is 47.5 Å². The molecule has 0 bridgehead atoms. The molecule has 20 heteroatoms. The van der Waals surface area contributed by atoms with Crippen molar-refractivity contribution < 1.29 is 20.4 Å². The molecule has 12 aromatic rings. The molecule has 0 atom stereocenters. The number of hydrogen-bond donors (Lipinski definition) is 4. The van der Waals surface area contributed by atoms with Crippen molar-refractivity contribution in [2.24, 2.45) is 0 Å². The normalized spacial score (nSPS) is 10.6. The lowest BCUT2D eigenvalue weighted by molar-refractivity contribution is 0.474. The molecule has 0 saturated carbocycles. The Balaban J connectivity index is 0.000000134. The topological polar surface area (TPSA) is 217 Å². The van der Waals surface area contributed by atoms with Crippen LogP contribution in [0.5, 0.6) is 23.0 Å². The molecule has 0 fully saturated rings. The first-order chi connectivity index (χ1) is 40.5. The van der Waals surface area contributed by atoms with Gasteiger partial charge in [0.1, 0.15) is 45.8 Å². The van der Waals surface area contributed by atoms with E-state index in [1.165, 1.54) is 0 Å². The smallest absolute Gasteiger partial charge is 0.115 e. The number of hydrogen-bond acceptors (Lipinski definition) is 16. The van der Waals surface area contributed by atoms with Gasteiger partial charge in [0, 0.05) is 101 Å². The summed E-state index contributed by atoms with van der Waals surface area (Å²) in [4.78, 5) is 8.21. The van der Waals surface area contributed by atoms with Crippen molar-refractivity contribution in [1.82, 2.24) is 60.0 Å². The zero-order valence-corrected chi connectivity index (χ0v) is 47.7. The third-order valence-electron chi connectivity index (χ3n) is 13.1. The second-order valence-corrected chi connectivity index (χ2v) is 20.0. The molecule has 8 aromatic carbocycles. The summed E-state index contributed by atoms with van der Waals surface area (Å²) < 4.78 is 6.76. The number of nitrogens with zero attached hydrogens (tertiary/aromatic N) is 16. The maximum absolute atomic E-state index is 9.31. The van der Waals surface area contributed by atoms with Crippen LogP contribution in [0, 0.1) is 0 Å². The minimum Gasteiger partial charge on any atom is -0.508 e. The molecule has 0 aliphatic heterocycles. The van der Waals surface area contributed by atoms with Crippen LogP contribution in [0.4, 0.5) is 22.7 Å². The molecule has 0 radical (unpaired) electrons. The second kappa shape index (κ2) is 26.3. The summed E-state index contributed by atoms with van der Waals surface area (Å²) in [5.74, 6) is 0.938. The Hall–Kier alpha value is -11.3. The van der Waals surface area contributed by atoms with Gasteiger partial charge >= 0.3 is 0 Å². The van der Waals surface area contributed by atoms with Crippen LogP contribution in [0.15, 0.2) is 219 Å². The zero-order chi connectivity index (χ0) is 59.3. The first-order valence-corrected chi connectivity index (χ1v) is 26.5. The van der Waals surface area contributed by atoms with E-state index in [1.807, 2.05) is 130 Å². The summed E-state index contributed by atoms with van der Waals surface area (Å²) in [6, 6.07) is 60.0. The molecule has 0 spiro atoms. The van der Waals surface area contributed by atoms with Crippen LogP contribution in [0.3, 0.4) is 0 Å². The van der Waals surface area contributed by atoms with Gasteiger partial charge in [-0.1, -0.05) is 69.4 Å². The predicted molar refractivity (Wildman–Crippen MR) is 331 cm³/mol. The number of phenols is 4. The summed E-state index contributed by atoms with van der Waals surface area (Å²) in [5.41, 5.74) is 15.3. The minimum absolute atomic E-state index is 0.235. The Morgan fingerprint density at radius 3 is 0.560 bits per heavy atom. The molecule has 0 unspecified atom stereocenters. The van der Waals surface area contributed by atoms with Crippen LogP contribution in [0.1, 0.15) is 0 Å². The van der Waals surface area contributed by atoms with Crippen molar-refractivity contribution in [3.63, 3.8) is 0 Å². The third kappa shape index (κ3) is 14.7. The van der Waals surface area contributed by atoms with E-state index >= 15 is 0 Å². The number of anilines is 4. The zero-order valence-electron chi connectivity index (χ0n) is 47.7. The summed E-state index contributed by atoms with van der Waals surface area (Å²) in [6.45, 7) is 0. The number of benzene rings is 8. The summed E-state index contributed by atoms with van der Waals surface area (Å²) in [7, 11) is 16.1.